The van der Waals surface area contributed by atoms with E-state index in [-0.39, 0.29) is 0 Å². The SMILES string of the molecule is C=CCCC(C)=CCC=C(C)CCC=O. The van der Waals surface area contributed by atoms with Crippen LogP contribution in [0.25, 0.3) is 0 Å². The molecule has 0 heterocycles. The number of hydrogen-bond acceptors (Lipinski definition) is 1. The van der Waals surface area contributed by atoms with Crippen molar-refractivity contribution in [2.24, 2.45) is 0 Å². The van der Waals surface area contributed by atoms with Gasteiger partial charge in [0, 0.05) is 6.42 Å². The van der Waals surface area contributed by atoms with Crippen molar-refractivity contribution < 1.29 is 4.79 Å². The lowest BCUT2D eigenvalue weighted by molar-refractivity contribution is -0.107. The molecule has 0 aliphatic carbocycles. The van der Waals surface area contributed by atoms with Gasteiger partial charge < -0.3 is 4.79 Å². The van der Waals surface area contributed by atoms with Gasteiger partial charge in [-0.3, -0.25) is 0 Å². The molecule has 0 bridgehead atoms. The maximum atomic E-state index is 10.2. The monoisotopic (exact) mass is 206 g/mol. The Morgan fingerprint density at radius 3 is 2.07 bits per heavy atom. The van der Waals surface area contributed by atoms with E-state index < -0.39 is 0 Å². The first-order valence-corrected chi connectivity index (χ1v) is 5.56. The molecule has 0 fully saturated rings. The molecule has 84 valence electrons. The molecule has 0 unspecified atom stereocenters. The van der Waals surface area contributed by atoms with Gasteiger partial charge in [0.1, 0.15) is 6.29 Å². The highest BCUT2D eigenvalue weighted by molar-refractivity contribution is 5.49. The molecule has 15 heavy (non-hydrogen) atoms. The maximum absolute atomic E-state index is 10.2. The van der Waals surface area contributed by atoms with Gasteiger partial charge >= 0.3 is 0 Å². The lowest BCUT2D eigenvalue weighted by Gasteiger charge is -1.98. The Labute approximate surface area is 93.6 Å². The molecule has 0 aromatic heterocycles. The molecular weight excluding hydrogens is 184 g/mol. The minimum atomic E-state index is 0.640. The van der Waals surface area contributed by atoms with Gasteiger partial charge in [-0.15, -0.1) is 6.58 Å². The molecule has 1 heteroatoms. The van der Waals surface area contributed by atoms with Gasteiger partial charge in [0.2, 0.25) is 0 Å². The van der Waals surface area contributed by atoms with Crippen molar-refractivity contribution in [1.29, 1.82) is 0 Å². The smallest absolute Gasteiger partial charge is 0.120 e. The standard InChI is InChI=1S/C14H22O/c1-4-5-8-13(2)9-6-10-14(3)11-7-12-15/h4,9-10,12H,1,5-8,11H2,2-3H3. The summed E-state index contributed by atoms with van der Waals surface area (Å²) in [6.07, 6.45) is 12.0. The second-order valence-electron chi connectivity index (χ2n) is 3.87. The molecule has 0 aromatic rings. The highest BCUT2D eigenvalue weighted by Crippen LogP contribution is 2.08. The lowest BCUT2D eigenvalue weighted by atomic mass is 10.1. The zero-order valence-electron chi connectivity index (χ0n) is 9.96. The summed E-state index contributed by atoms with van der Waals surface area (Å²) in [6.45, 7) is 7.93. The van der Waals surface area contributed by atoms with Crippen molar-refractivity contribution in [2.75, 3.05) is 0 Å². The van der Waals surface area contributed by atoms with Gasteiger partial charge in [-0.05, 0) is 39.5 Å². The summed E-state index contributed by atoms with van der Waals surface area (Å²) in [5.41, 5.74) is 2.71. The third kappa shape index (κ3) is 9.20. The van der Waals surface area contributed by atoms with Gasteiger partial charge in [-0.1, -0.05) is 29.4 Å². The molecule has 0 aliphatic heterocycles. The number of hydrogen-bond donors (Lipinski definition) is 0. The summed E-state index contributed by atoms with van der Waals surface area (Å²) < 4.78 is 0. The second-order valence-corrected chi connectivity index (χ2v) is 3.87. The van der Waals surface area contributed by atoms with Crippen LogP contribution in [-0.2, 0) is 4.79 Å². The van der Waals surface area contributed by atoms with Crippen molar-refractivity contribution in [2.45, 2.75) is 46.0 Å². The minimum absolute atomic E-state index is 0.640. The number of rotatable bonds is 8. The van der Waals surface area contributed by atoms with Crippen LogP contribution < -0.4 is 0 Å². The van der Waals surface area contributed by atoms with E-state index in [1.807, 2.05) is 6.08 Å². The van der Waals surface area contributed by atoms with E-state index in [0.29, 0.717) is 6.42 Å². The Morgan fingerprint density at radius 1 is 1.07 bits per heavy atom. The largest absolute Gasteiger partial charge is 0.303 e. The number of carbonyl (C=O) groups excluding carboxylic acids is 1. The van der Waals surface area contributed by atoms with Crippen LogP contribution >= 0.6 is 0 Å². The first kappa shape index (κ1) is 13.9. The van der Waals surface area contributed by atoms with Gasteiger partial charge in [0.15, 0.2) is 0 Å². The first-order valence-electron chi connectivity index (χ1n) is 5.56. The maximum Gasteiger partial charge on any atom is 0.120 e. The van der Waals surface area contributed by atoms with Crippen molar-refractivity contribution in [3.8, 4) is 0 Å². The van der Waals surface area contributed by atoms with Gasteiger partial charge in [-0.25, -0.2) is 0 Å². The summed E-state index contributed by atoms with van der Waals surface area (Å²) in [4.78, 5) is 10.2. The number of carbonyl (C=O) groups is 1. The van der Waals surface area contributed by atoms with Crippen LogP contribution in [0.2, 0.25) is 0 Å². The van der Waals surface area contributed by atoms with Crippen molar-refractivity contribution in [1.82, 2.24) is 0 Å². The second kappa shape index (κ2) is 9.45. The fourth-order valence-corrected chi connectivity index (χ4v) is 1.28. The Morgan fingerprint density at radius 2 is 1.60 bits per heavy atom. The fraction of sp³-hybridized carbons (Fsp3) is 0.500. The predicted octanol–water partition coefficient (Wildman–Crippen LogP) is 4.21. The quantitative estimate of drug-likeness (QED) is 0.429. The third-order valence-corrected chi connectivity index (χ3v) is 2.33. The molecule has 0 saturated heterocycles. The molecule has 0 aliphatic rings. The van der Waals surface area contributed by atoms with Crippen LogP contribution in [0.5, 0.6) is 0 Å². The summed E-state index contributed by atoms with van der Waals surface area (Å²) in [5, 5.41) is 0. The van der Waals surface area contributed by atoms with E-state index in [1.165, 1.54) is 11.1 Å². The fourth-order valence-electron chi connectivity index (χ4n) is 1.28. The molecular formula is C14H22O. The summed E-state index contributed by atoms with van der Waals surface area (Å²) in [7, 11) is 0. The third-order valence-electron chi connectivity index (χ3n) is 2.33. The molecule has 0 N–H and O–H groups in total. The van der Waals surface area contributed by atoms with E-state index >= 15 is 0 Å². The van der Waals surface area contributed by atoms with Crippen LogP contribution in [0.1, 0.15) is 46.0 Å². The minimum Gasteiger partial charge on any atom is -0.303 e. The Hall–Kier alpha value is -1.11. The zero-order chi connectivity index (χ0) is 11.5. The highest BCUT2D eigenvalue weighted by atomic mass is 16.1. The van der Waals surface area contributed by atoms with Gasteiger partial charge in [-0.2, -0.15) is 0 Å². The van der Waals surface area contributed by atoms with E-state index in [1.54, 1.807) is 0 Å². The molecule has 1 nitrogen and oxygen atoms in total. The van der Waals surface area contributed by atoms with Crippen molar-refractivity contribution >= 4 is 6.29 Å². The first-order chi connectivity index (χ1) is 7.20. The summed E-state index contributed by atoms with van der Waals surface area (Å²) >= 11 is 0. The van der Waals surface area contributed by atoms with Crippen molar-refractivity contribution in [3.63, 3.8) is 0 Å². The van der Waals surface area contributed by atoms with E-state index in [2.05, 4.69) is 32.6 Å². The summed E-state index contributed by atoms with van der Waals surface area (Å²) in [6, 6.07) is 0. The average molecular weight is 206 g/mol. The Kier molecular flexibility index (Phi) is 8.75. The van der Waals surface area contributed by atoms with Gasteiger partial charge in [0.25, 0.3) is 0 Å². The van der Waals surface area contributed by atoms with Crippen LogP contribution in [0, 0.1) is 0 Å². The van der Waals surface area contributed by atoms with Crippen LogP contribution in [-0.4, -0.2) is 6.29 Å². The topological polar surface area (TPSA) is 17.1 Å². The van der Waals surface area contributed by atoms with E-state index in [0.717, 1.165) is 32.0 Å². The average Bonchev–Trinajstić information content (AvgIpc) is 2.23. The van der Waals surface area contributed by atoms with Crippen LogP contribution in [0.4, 0.5) is 0 Å². The van der Waals surface area contributed by atoms with Crippen molar-refractivity contribution in [3.05, 3.63) is 36.0 Å². The Bertz CT molecular complexity index is 220. The molecule has 0 radical (unpaired) electrons. The Balaban J connectivity index is 3.82. The van der Waals surface area contributed by atoms with Gasteiger partial charge in [0.05, 0.1) is 0 Å². The number of aldehydes is 1. The van der Waals surface area contributed by atoms with Crippen LogP contribution in [0.3, 0.4) is 0 Å². The molecule has 0 atom stereocenters. The molecule has 0 amide bonds. The molecule has 0 rings (SSSR count). The van der Waals surface area contributed by atoms with Crippen LogP contribution in [0.15, 0.2) is 36.0 Å². The predicted molar refractivity (Wildman–Crippen MR) is 66.9 cm³/mol. The molecule has 0 spiro atoms. The molecule has 0 saturated carbocycles. The zero-order valence-corrected chi connectivity index (χ0v) is 9.96. The highest BCUT2D eigenvalue weighted by Gasteiger charge is 1.89. The number of allylic oxidation sites excluding steroid dienone is 5. The normalized spacial score (nSPS) is 12.7. The van der Waals surface area contributed by atoms with E-state index in [9.17, 15) is 4.79 Å². The lowest BCUT2D eigenvalue weighted by Crippen LogP contribution is -1.80. The van der Waals surface area contributed by atoms with E-state index in [4.69, 9.17) is 0 Å². The summed E-state index contributed by atoms with van der Waals surface area (Å²) in [5.74, 6) is 0. The molecule has 0 aromatic carbocycles.